The first-order valence-corrected chi connectivity index (χ1v) is 7.91. The van der Waals surface area contributed by atoms with Crippen molar-refractivity contribution < 1.29 is 9.47 Å². The van der Waals surface area contributed by atoms with Gasteiger partial charge in [-0.25, -0.2) is 0 Å². The lowest BCUT2D eigenvalue weighted by molar-refractivity contribution is 0.369. The lowest BCUT2D eigenvalue weighted by Crippen LogP contribution is -1.95. The zero-order valence-corrected chi connectivity index (χ0v) is 14.7. The molecular formula is C22H22O2. The normalized spacial score (nSPS) is 9.33. The first-order chi connectivity index (χ1) is 11.5. The molecule has 0 saturated heterocycles. The van der Waals surface area contributed by atoms with Gasteiger partial charge >= 0.3 is 0 Å². The minimum absolute atomic E-state index is 0.329. The van der Waals surface area contributed by atoms with Gasteiger partial charge in [0.15, 0.2) is 0 Å². The Bertz CT molecular complexity index is 715. The monoisotopic (exact) mass is 318 g/mol. The van der Waals surface area contributed by atoms with Gasteiger partial charge in [-0.3, -0.25) is 0 Å². The molecule has 0 aliphatic rings. The molecule has 0 N–H and O–H groups in total. The molecule has 122 valence electrons. The third-order valence-corrected chi connectivity index (χ3v) is 3.25. The van der Waals surface area contributed by atoms with Crippen LogP contribution in [-0.4, -0.2) is 13.2 Å². The highest BCUT2D eigenvalue weighted by atomic mass is 16.5. The quantitative estimate of drug-likeness (QED) is 0.779. The van der Waals surface area contributed by atoms with Crippen LogP contribution in [0.4, 0.5) is 0 Å². The number of ether oxygens (including phenoxy) is 2. The zero-order valence-electron chi connectivity index (χ0n) is 14.7. The molecule has 2 rings (SSSR count). The number of hydrogen-bond acceptors (Lipinski definition) is 2. The van der Waals surface area contributed by atoms with Crippen LogP contribution >= 0.6 is 0 Å². The average Bonchev–Trinajstić information content (AvgIpc) is 2.48. The summed E-state index contributed by atoms with van der Waals surface area (Å²) in [5.74, 6) is 13.0. The molecule has 0 aromatic heterocycles. The van der Waals surface area contributed by atoms with Gasteiger partial charge in [-0.05, 0) is 97.9 Å². The van der Waals surface area contributed by atoms with E-state index in [2.05, 4.69) is 35.8 Å². The van der Waals surface area contributed by atoms with Crippen molar-refractivity contribution in [3.63, 3.8) is 0 Å². The second-order valence-electron chi connectivity index (χ2n) is 5.83. The molecule has 2 aromatic carbocycles. The van der Waals surface area contributed by atoms with Crippen LogP contribution in [0.3, 0.4) is 0 Å². The van der Waals surface area contributed by atoms with Gasteiger partial charge in [0.1, 0.15) is 24.7 Å². The predicted octanol–water partition coefficient (Wildman–Crippen LogP) is 4.38. The summed E-state index contributed by atoms with van der Waals surface area (Å²) in [5, 5.41) is 0. The van der Waals surface area contributed by atoms with Crippen LogP contribution in [-0.2, 0) is 0 Å². The first-order valence-electron chi connectivity index (χ1n) is 7.91. The Balaban J connectivity index is 1.76. The van der Waals surface area contributed by atoms with Crippen LogP contribution in [0, 0.1) is 51.4 Å². The molecule has 0 radical (unpaired) electrons. The predicted molar refractivity (Wildman–Crippen MR) is 98.4 cm³/mol. The Hall–Kier alpha value is -2.84. The average molecular weight is 318 g/mol. The van der Waals surface area contributed by atoms with E-state index in [1.165, 1.54) is 22.3 Å². The molecule has 0 aliphatic carbocycles. The Morgan fingerprint density at radius 3 is 1.25 bits per heavy atom. The highest BCUT2D eigenvalue weighted by Crippen LogP contribution is 2.16. The fourth-order valence-electron chi connectivity index (χ4n) is 2.43. The van der Waals surface area contributed by atoms with Crippen LogP contribution in [0.25, 0.3) is 0 Å². The van der Waals surface area contributed by atoms with Crippen LogP contribution < -0.4 is 9.47 Å². The standard InChI is InChI=1S/C22H22O2/c1-17-11-18(2)14-21(13-17)23-9-7-5-6-8-10-24-22-15-19(3)12-20(4)16-22/h11-16H,9-10H2,1-4H3. The summed E-state index contributed by atoms with van der Waals surface area (Å²) in [7, 11) is 0. The van der Waals surface area contributed by atoms with Gasteiger partial charge in [-0.15, -0.1) is 0 Å². The van der Waals surface area contributed by atoms with E-state index in [0.717, 1.165) is 11.5 Å². The van der Waals surface area contributed by atoms with Crippen molar-refractivity contribution in [2.75, 3.05) is 13.2 Å². The van der Waals surface area contributed by atoms with Crippen molar-refractivity contribution in [3.8, 4) is 35.2 Å². The molecule has 0 aliphatic heterocycles. The molecule has 0 atom stereocenters. The molecule has 24 heavy (non-hydrogen) atoms. The maximum absolute atomic E-state index is 5.60. The molecule has 0 spiro atoms. The van der Waals surface area contributed by atoms with Crippen LogP contribution in [0.15, 0.2) is 36.4 Å². The van der Waals surface area contributed by atoms with Gasteiger partial charge in [0.25, 0.3) is 0 Å². The third kappa shape index (κ3) is 6.11. The summed E-state index contributed by atoms with van der Waals surface area (Å²) in [6.07, 6.45) is 0. The van der Waals surface area contributed by atoms with Crippen molar-refractivity contribution in [3.05, 3.63) is 58.7 Å². The van der Waals surface area contributed by atoms with Gasteiger partial charge < -0.3 is 9.47 Å². The summed E-state index contributed by atoms with van der Waals surface area (Å²) in [6, 6.07) is 12.2. The van der Waals surface area contributed by atoms with Gasteiger partial charge in [0, 0.05) is 0 Å². The second kappa shape index (κ2) is 8.70. The Labute approximate surface area is 144 Å². The van der Waals surface area contributed by atoms with Crippen molar-refractivity contribution in [2.45, 2.75) is 27.7 Å². The number of rotatable bonds is 4. The van der Waals surface area contributed by atoms with E-state index in [1.54, 1.807) is 0 Å². The van der Waals surface area contributed by atoms with Crippen LogP contribution in [0.5, 0.6) is 11.5 Å². The fraction of sp³-hybridized carbons (Fsp3) is 0.273. The van der Waals surface area contributed by atoms with E-state index in [-0.39, 0.29) is 0 Å². The highest BCUT2D eigenvalue weighted by Gasteiger charge is 1.96. The maximum Gasteiger partial charge on any atom is 0.150 e. The van der Waals surface area contributed by atoms with Crippen LogP contribution in [0.1, 0.15) is 22.3 Å². The van der Waals surface area contributed by atoms with E-state index < -0.39 is 0 Å². The molecule has 0 fully saturated rings. The molecule has 0 unspecified atom stereocenters. The lowest BCUT2D eigenvalue weighted by Gasteiger charge is -2.04. The van der Waals surface area contributed by atoms with Gasteiger partial charge in [-0.2, -0.15) is 0 Å². The van der Waals surface area contributed by atoms with E-state index in [1.807, 2.05) is 52.0 Å². The Morgan fingerprint density at radius 1 is 0.583 bits per heavy atom. The van der Waals surface area contributed by atoms with Crippen molar-refractivity contribution in [1.29, 1.82) is 0 Å². The Kier molecular flexibility index (Phi) is 6.35. The smallest absolute Gasteiger partial charge is 0.150 e. The molecule has 2 heteroatoms. The number of benzene rings is 2. The molecule has 2 nitrogen and oxygen atoms in total. The van der Waals surface area contributed by atoms with Crippen molar-refractivity contribution in [1.82, 2.24) is 0 Å². The first kappa shape index (κ1) is 17.5. The van der Waals surface area contributed by atoms with E-state index in [4.69, 9.17) is 9.47 Å². The van der Waals surface area contributed by atoms with Gasteiger partial charge in [0.2, 0.25) is 0 Å². The van der Waals surface area contributed by atoms with E-state index >= 15 is 0 Å². The molecular weight excluding hydrogens is 296 g/mol. The van der Waals surface area contributed by atoms with Gasteiger partial charge in [-0.1, -0.05) is 12.1 Å². The fourth-order valence-corrected chi connectivity index (χ4v) is 2.43. The minimum Gasteiger partial charge on any atom is -0.481 e. The summed E-state index contributed by atoms with van der Waals surface area (Å²) in [5.41, 5.74) is 4.73. The number of hydrogen-bond donors (Lipinski definition) is 0. The summed E-state index contributed by atoms with van der Waals surface area (Å²) in [6.45, 7) is 8.85. The van der Waals surface area contributed by atoms with Crippen molar-refractivity contribution >= 4 is 0 Å². The zero-order chi connectivity index (χ0) is 17.4. The molecule has 0 heterocycles. The largest absolute Gasteiger partial charge is 0.481 e. The highest BCUT2D eigenvalue weighted by molar-refractivity contribution is 5.35. The van der Waals surface area contributed by atoms with Crippen LogP contribution in [0.2, 0.25) is 0 Å². The molecule has 0 saturated carbocycles. The van der Waals surface area contributed by atoms with Gasteiger partial charge in [0.05, 0.1) is 0 Å². The third-order valence-electron chi connectivity index (χ3n) is 3.25. The van der Waals surface area contributed by atoms with Crippen molar-refractivity contribution in [2.24, 2.45) is 0 Å². The lowest BCUT2D eigenvalue weighted by atomic mass is 10.1. The summed E-state index contributed by atoms with van der Waals surface area (Å²) < 4.78 is 11.2. The topological polar surface area (TPSA) is 18.5 Å². The maximum atomic E-state index is 5.60. The Morgan fingerprint density at radius 2 is 0.917 bits per heavy atom. The summed E-state index contributed by atoms with van der Waals surface area (Å²) >= 11 is 0. The molecule has 0 amide bonds. The minimum atomic E-state index is 0.329. The summed E-state index contributed by atoms with van der Waals surface area (Å²) in [4.78, 5) is 0. The SMILES string of the molecule is Cc1cc(C)cc(OCC#CC#CCOc2cc(C)cc(C)c2)c1. The number of aryl methyl sites for hydroxylation is 4. The van der Waals surface area contributed by atoms with E-state index in [9.17, 15) is 0 Å². The van der Waals surface area contributed by atoms with E-state index in [0.29, 0.717) is 13.2 Å². The molecule has 2 aromatic rings. The second-order valence-corrected chi connectivity index (χ2v) is 5.83. The molecule has 0 bridgehead atoms.